The van der Waals surface area contributed by atoms with Crippen molar-refractivity contribution in [1.82, 2.24) is 0 Å². The number of ether oxygens (including phenoxy) is 9. The van der Waals surface area contributed by atoms with Gasteiger partial charge >= 0.3 is 11.9 Å². The van der Waals surface area contributed by atoms with Crippen molar-refractivity contribution in [3.63, 3.8) is 0 Å². The second-order valence-electron chi connectivity index (χ2n) is 11.2. The molecule has 0 saturated carbocycles. The van der Waals surface area contributed by atoms with Gasteiger partial charge in [0, 0.05) is 0 Å². The Hall–Kier alpha value is -5.10. The highest BCUT2D eigenvalue weighted by molar-refractivity contribution is 5.91. The number of carbonyl (C=O) groups is 2. The van der Waals surface area contributed by atoms with E-state index in [0.717, 1.165) is 13.2 Å². The zero-order chi connectivity index (χ0) is 33.1. The summed E-state index contributed by atoms with van der Waals surface area (Å²) in [6.07, 6.45) is 0.114. The van der Waals surface area contributed by atoms with Gasteiger partial charge in [0.25, 0.3) is 0 Å². The first-order valence-corrected chi connectivity index (χ1v) is 15.7. The van der Waals surface area contributed by atoms with Gasteiger partial charge in [-0.1, -0.05) is 0 Å². The Bertz CT molecular complexity index is 1610. The Balaban J connectivity index is 0.842. The summed E-state index contributed by atoms with van der Waals surface area (Å²) in [6.45, 7) is 5.37. The van der Waals surface area contributed by atoms with Crippen molar-refractivity contribution >= 4 is 11.9 Å². The number of hydrogen-bond acceptors (Lipinski definition) is 11. The summed E-state index contributed by atoms with van der Waals surface area (Å²) in [6, 6.07) is 27.2. The molecular weight excluding hydrogens is 620 g/mol. The van der Waals surface area contributed by atoms with E-state index in [1.54, 1.807) is 97.1 Å². The summed E-state index contributed by atoms with van der Waals surface area (Å²) in [5, 5.41) is 0. The third kappa shape index (κ3) is 10.5. The number of esters is 2. The van der Waals surface area contributed by atoms with Crippen LogP contribution in [0, 0.1) is 0 Å². The average molecular weight is 657 g/mol. The van der Waals surface area contributed by atoms with E-state index in [9.17, 15) is 9.59 Å². The van der Waals surface area contributed by atoms with Crippen LogP contribution in [0.1, 0.15) is 27.6 Å². The van der Waals surface area contributed by atoms with E-state index in [4.69, 9.17) is 42.6 Å². The Labute approximate surface area is 278 Å². The largest absolute Gasteiger partial charge is 0.491 e. The van der Waals surface area contributed by atoms with Crippen LogP contribution in [0.5, 0.6) is 34.5 Å². The molecule has 11 nitrogen and oxygen atoms in total. The van der Waals surface area contributed by atoms with Crippen LogP contribution in [0.25, 0.3) is 0 Å². The quantitative estimate of drug-likeness (QED) is 0.0580. The molecule has 6 rings (SSSR count). The van der Waals surface area contributed by atoms with Crippen molar-refractivity contribution in [3.05, 3.63) is 108 Å². The van der Waals surface area contributed by atoms with Gasteiger partial charge in [0.05, 0.1) is 37.6 Å². The molecule has 3 unspecified atom stereocenters. The number of epoxide rings is 2. The molecule has 4 aromatic rings. The molecule has 48 heavy (non-hydrogen) atoms. The van der Waals surface area contributed by atoms with Crippen LogP contribution >= 0.6 is 0 Å². The second-order valence-corrected chi connectivity index (χ2v) is 11.2. The molecule has 4 aromatic carbocycles. The van der Waals surface area contributed by atoms with Crippen LogP contribution in [0.2, 0.25) is 0 Å². The van der Waals surface area contributed by atoms with Crippen molar-refractivity contribution in [2.24, 2.45) is 0 Å². The lowest BCUT2D eigenvalue weighted by atomic mass is 10.2. The van der Waals surface area contributed by atoms with E-state index >= 15 is 0 Å². The lowest BCUT2D eigenvalue weighted by Crippen LogP contribution is -2.21. The molecule has 0 spiro atoms. The molecule has 0 bridgehead atoms. The van der Waals surface area contributed by atoms with E-state index in [0.29, 0.717) is 78.7 Å². The van der Waals surface area contributed by atoms with Crippen LogP contribution in [-0.2, 0) is 14.2 Å². The average Bonchev–Trinajstić information content (AvgIpc) is 4.04. The predicted molar refractivity (Wildman–Crippen MR) is 173 cm³/mol. The van der Waals surface area contributed by atoms with Gasteiger partial charge in [0.2, 0.25) is 0 Å². The topological polar surface area (TPSA) is 124 Å². The Morgan fingerprint density at radius 3 is 1.44 bits per heavy atom. The molecule has 2 aliphatic rings. The van der Waals surface area contributed by atoms with E-state index in [1.165, 1.54) is 0 Å². The molecule has 0 radical (unpaired) electrons. The van der Waals surface area contributed by atoms with Gasteiger partial charge in [-0.05, 0) is 104 Å². The highest BCUT2D eigenvalue weighted by Crippen LogP contribution is 2.23. The van der Waals surface area contributed by atoms with Gasteiger partial charge in [0.15, 0.2) is 0 Å². The van der Waals surface area contributed by atoms with Crippen LogP contribution in [0.3, 0.4) is 0 Å². The maximum atomic E-state index is 12.5. The van der Waals surface area contributed by atoms with E-state index in [1.807, 2.05) is 6.92 Å². The molecule has 2 saturated heterocycles. The predicted octanol–water partition coefficient (Wildman–Crippen LogP) is 5.54. The summed E-state index contributed by atoms with van der Waals surface area (Å²) in [7, 11) is 0. The number of benzene rings is 4. The lowest BCUT2D eigenvalue weighted by Gasteiger charge is -2.15. The fourth-order valence-corrected chi connectivity index (χ4v) is 4.34. The monoisotopic (exact) mass is 656 g/mol. The first-order valence-electron chi connectivity index (χ1n) is 15.7. The van der Waals surface area contributed by atoms with Crippen LogP contribution < -0.4 is 28.4 Å². The summed E-state index contributed by atoms with van der Waals surface area (Å²) < 4.78 is 49.7. The fourth-order valence-electron chi connectivity index (χ4n) is 4.34. The van der Waals surface area contributed by atoms with E-state index in [2.05, 4.69) is 0 Å². The molecule has 2 aliphatic heterocycles. The van der Waals surface area contributed by atoms with Crippen LogP contribution in [-0.4, -0.2) is 76.5 Å². The molecule has 0 aliphatic carbocycles. The van der Waals surface area contributed by atoms with Gasteiger partial charge in [-0.3, -0.25) is 0 Å². The van der Waals surface area contributed by atoms with Crippen LogP contribution in [0.4, 0.5) is 0 Å². The lowest BCUT2D eigenvalue weighted by molar-refractivity contribution is 0.0432. The van der Waals surface area contributed by atoms with Crippen molar-refractivity contribution < 1.29 is 52.2 Å². The first kappa shape index (κ1) is 32.8. The van der Waals surface area contributed by atoms with Gasteiger partial charge in [0.1, 0.15) is 72.6 Å². The molecule has 11 heteroatoms. The summed E-state index contributed by atoms with van der Waals surface area (Å²) in [5.41, 5.74) is 0.798. The van der Waals surface area contributed by atoms with Gasteiger partial charge in [-0.15, -0.1) is 0 Å². The van der Waals surface area contributed by atoms with Gasteiger partial charge in [-0.25, -0.2) is 9.59 Å². The number of rotatable bonds is 18. The fraction of sp³-hybridized carbons (Fsp3) is 0.297. The highest BCUT2D eigenvalue weighted by atomic mass is 16.6. The van der Waals surface area contributed by atoms with Gasteiger partial charge in [-0.2, -0.15) is 0 Å². The van der Waals surface area contributed by atoms with E-state index in [-0.39, 0.29) is 18.3 Å². The highest BCUT2D eigenvalue weighted by Gasteiger charge is 2.23. The molecule has 0 aromatic heterocycles. The summed E-state index contributed by atoms with van der Waals surface area (Å²) in [4.78, 5) is 25.1. The first-order chi connectivity index (χ1) is 23.5. The maximum absolute atomic E-state index is 12.5. The molecule has 2 fully saturated rings. The SMILES string of the molecule is CC(COCCOc1ccc(C(=O)Oc2ccc(OCC3CO3)cc2)cc1)Oc1ccc(C(=O)Oc2ccc(OCC3CO3)cc2)cc1. The Kier molecular flexibility index (Phi) is 11.0. The summed E-state index contributed by atoms with van der Waals surface area (Å²) >= 11 is 0. The maximum Gasteiger partial charge on any atom is 0.343 e. The number of hydrogen-bond donors (Lipinski definition) is 0. The van der Waals surface area contributed by atoms with Crippen molar-refractivity contribution in [3.8, 4) is 34.5 Å². The molecule has 3 atom stereocenters. The third-order valence-electron chi connectivity index (χ3n) is 7.11. The van der Waals surface area contributed by atoms with Gasteiger partial charge < -0.3 is 42.6 Å². The Morgan fingerprint density at radius 1 is 0.583 bits per heavy atom. The van der Waals surface area contributed by atoms with E-state index < -0.39 is 11.9 Å². The van der Waals surface area contributed by atoms with Crippen molar-refractivity contribution in [2.75, 3.05) is 46.2 Å². The molecular formula is C37H36O11. The molecule has 0 N–H and O–H groups in total. The normalized spacial score (nSPS) is 16.7. The zero-order valence-electron chi connectivity index (χ0n) is 26.4. The van der Waals surface area contributed by atoms with Crippen molar-refractivity contribution in [1.29, 1.82) is 0 Å². The minimum Gasteiger partial charge on any atom is -0.491 e. The van der Waals surface area contributed by atoms with Crippen LogP contribution in [0.15, 0.2) is 97.1 Å². The second kappa shape index (κ2) is 16.1. The smallest absolute Gasteiger partial charge is 0.343 e. The molecule has 250 valence electrons. The third-order valence-corrected chi connectivity index (χ3v) is 7.11. The number of carbonyl (C=O) groups excluding carboxylic acids is 2. The molecule has 2 heterocycles. The zero-order valence-corrected chi connectivity index (χ0v) is 26.4. The minimum atomic E-state index is -0.472. The molecule has 0 amide bonds. The summed E-state index contributed by atoms with van der Waals surface area (Å²) in [5.74, 6) is 2.48. The van der Waals surface area contributed by atoms with Crippen molar-refractivity contribution in [2.45, 2.75) is 25.2 Å². The minimum absolute atomic E-state index is 0.174. The Morgan fingerprint density at radius 2 is 0.979 bits per heavy atom. The standard InChI is InChI=1S/C37H36O11/c1-25(46-31-8-4-27(5-9-31)37(39)48-33-16-12-30(13-17-33)43-22-35-24-45-35)20-40-18-19-41-28-6-2-26(3-7-28)36(38)47-32-14-10-29(11-15-32)42-21-34-23-44-34/h2-17,25,34-35H,18-24H2,1H3.